The molecule has 1 N–H and O–H groups in total. The van der Waals surface area contributed by atoms with Crippen molar-refractivity contribution < 1.29 is 4.79 Å². The summed E-state index contributed by atoms with van der Waals surface area (Å²) in [7, 11) is 1.72. The lowest BCUT2D eigenvalue weighted by molar-refractivity contribution is 0.0797. The summed E-state index contributed by atoms with van der Waals surface area (Å²) in [4.78, 5) is 13.3. The van der Waals surface area contributed by atoms with Crippen molar-refractivity contribution in [3.63, 3.8) is 0 Å². The molecule has 14 heavy (non-hydrogen) atoms. The van der Waals surface area contributed by atoms with Crippen LogP contribution in [0.2, 0.25) is 10.0 Å². The molecule has 0 radical (unpaired) electrons. The highest BCUT2D eigenvalue weighted by atomic mass is 35.5. The molecule has 0 spiro atoms. The van der Waals surface area contributed by atoms with Gasteiger partial charge in [0.25, 0.3) is 5.91 Å². The first-order valence-electron chi connectivity index (χ1n) is 4.08. The van der Waals surface area contributed by atoms with Crippen molar-refractivity contribution in [2.45, 2.75) is 0 Å². The van der Waals surface area contributed by atoms with Gasteiger partial charge < -0.3 is 10.2 Å². The molecule has 0 saturated carbocycles. The van der Waals surface area contributed by atoms with Crippen molar-refractivity contribution in [3.8, 4) is 0 Å². The first kappa shape index (κ1) is 9.62. The van der Waals surface area contributed by atoms with Crippen LogP contribution in [-0.4, -0.2) is 24.5 Å². The van der Waals surface area contributed by atoms with Crippen LogP contribution < -0.4 is 5.32 Å². The molecule has 1 amide bonds. The monoisotopic (exact) mass is 230 g/mol. The van der Waals surface area contributed by atoms with Gasteiger partial charge in [0, 0.05) is 12.1 Å². The lowest BCUT2D eigenvalue weighted by Gasteiger charge is -2.27. The van der Waals surface area contributed by atoms with Crippen LogP contribution in [0.1, 0.15) is 10.4 Å². The predicted octanol–water partition coefficient (Wildman–Crippen LogP) is 2.45. The summed E-state index contributed by atoms with van der Waals surface area (Å²) >= 11 is 11.8. The molecule has 0 unspecified atom stereocenters. The number of nitrogens with zero attached hydrogens (tertiary/aromatic N) is 1. The molecule has 0 saturated heterocycles. The molecule has 0 aliphatic carbocycles. The molecule has 2 rings (SSSR count). The third-order valence-corrected chi connectivity index (χ3v) is 2.64. The number of amides is 1. The van der Waals surface area contributed by atoms with Crippen molar-refractivity contribution in [1.29, 1.82) is 0 Å². The van der Waals surface area contributed by atoms with Crippen LogP contribution in [0.4, 0.5) is 5.69 Å². The molecule has 74 valence electrons. The highest BCUT2D eigenvalue weighted by Gasteiger charge is 2.23. The number of halogens is 2. The Bertz CT molecular complexity index is 406. The van der Waals surface area contributed by atoms with E-state index >= 15 is 0 Å². The van der Waals surface area contributed by atoms with Gasteiger partial charge in [-0.05, 0) is 12.1 Å². The van der Waals surface area contributed by atoms with Gasteiger partial charge in [-0.1, -0.05) is 23.2 Å². The fraction of sp³-hybridized carbons (Fsp3) is 0.222. The molecule has 0 aromatic heterocycles. The van der Waals surface area contributed by atoms with Gasteiger partial charge in [0.15, 0.2) is 0 Å². The van der Waals surface area contributed by atoms with E-state index in [9.17, 15) is 4.79 Å². The SMILES string of the molecule is CN1CNc2c(Cl)cc(Cl)cc2C1=O. The maximum atomic E-state index is 11.7. The molecule has 1 aliphatic heterocycles. The van der Waals surface area contributed by atoms with Gasteiger partial charge in [-0.25, -0.2) is 0 Å². The minimum absolute atomic E-state index is 0.0665. The molecule has 0 fully saturated rings. The number of carbonyl (C=O) groups is 1. The van der Waals surface area contributed by atoms with Gasteiger partial charge in [0.2, 0.25) is 0 Å². The van der Waals surface area contributed by atoms with Crippen LogP contribution in [-0.2, 0) is 0 Å². The number of benzene rings is 1. The summed E-state index contributed by atoms with van der Waals surface area (Å²) in [6.45, 7) is 0.465. The number of hydrogen-bond donors (Lipinski definition) is 1. The topological polar surface area (TPSA) is 32.3 Å². The first-order valence-corrected chi connectivity index (χ1v) is 4.83. The average molecular weight is 231 g/mol. The van der Waals surface area contributed by atoms with Gasteiger partial charge in [0.05, 0.1) is 22.9 Å². The molecule has 3 nitrogen and oxygen atoms in total. The molecule has 0 bridgehead atoms. The number of nitrogens with one attached hydrogen (secondary N) is 1. The number of anilines is 1. The smallest absolute Gasteiger partial charge is 0.257 e. The molecule has 1 aromatic carbocycles. The van der Waals surface area contributed by atoms with Crippen molar-refractivity contribution >= 4 is 34.8 Å². The Balaban J connectivity index is 2.60. The summed E-state index contributed by atoms with van der Waals surface area (Å²) in [5.74, 6) is -0.0665. The van der Waals surface area contributed by atoms with Crippen LogP contribution in [0.5, 0.6) is 0 Å². The quantitative estimate of drug-likeness (QED) is 0.743. The van der Waals surface area contributed by atoms with Gasteiger partial charge in [-0.15, -0.1) is 0 Å². The Morgan fingerprint density at radius 2 is 2.14 bits per heavy atom. The lowest BCUT2D eigenvalue weighted by atomic mass is 10.1. The largest absolute Gasteiger partial charge is 0.366 e. The fourth-order valence-corrected chi connectivity index (χ4v) is 1.96. The third kappa shape index (κ3) is 1.42. The second-order valence-electron chi connectivity index (χ2n) is 3.15. The van der Waals surface area contributed by atoms with Crippen LogP contribution in [0.25, 0.3) is 0 Å². The molecule has 5 heteroatoms. The molecule has 0 atom stereocenters. The van der Waals surface area contributed by atoms with E-state index in [1.807, 2.05) is 0 Å². The third-order valence-electron chi connectivity index (χ3n) is 2.13. The Morgan fingerprint density at radius 3 is 2.86 bits per heavy atom. The van der Waals surface area contributed by atoms with E-state index in [0.29, 0.717) is 28.0 Å². The van der Waals surface area contributed by atoms with E-state index in [0.717, 1.165) is 0 Å². The molecular formula is C9H8Cl2N2O. The molecular weight excluding hydrogens is 223 g/mol. The number of carbonyl (C=O) groups excluding carboxylic acids is 1. The highest BCUT2D eigenvalue weighted by Crippen LogP contribution is 2.32. The minimum atomic E-state index is -0.0665. The van der Waals surface area contributed by atoms with Gasteiger partial charge in [-0.2, -0.15) is 0 Å². The van der Waals surface area contributed by atoms with Crippen molar-refractivity contribution in [1.82, 2.24) is 4.90 Å². The summed E-state index contributed by atoms with van der Waals surface area (Å²) in [6.07, 6.45) is 0. The summed E-state index contributed by atoms with van der Waals surface area (Å²) in [6, 6.07) is 3.24. The van der Waals surface area contributed by atoms with Crippen LogP contribution in [0.3, 0.4) is 0 Å². The first-order chi connectivity index (χ1) is 6.59. The summed E-state index contributed by atoms with van der Waals surface area (Å²) in [5.41, 5.74) is 1.19. The number of fused-ring (bicyclic) bond motifs is 1. The second kappa shape index (κ2) is 3.33. The Morgan fingerprint density at radius 1 is 1.43 bits per heavy atom. The average Bonchev–Trinajstić information content (AvgIpc) is 2.12. The summed E-state index contributed by atoms with van der Waals surface area (Å²) in [5, 5.41) is 4.00. The van der Waals surface area contributed by atoms with E-state index in [4.69, 9.17) is 23.2 Å². The van der Waals surface area contributed by atoms with E-state index < -0.39 is 0 Å². The van der Waals surface area contributed by atoms with Crippen LogP contribution in [0.15, 0.2) is 12.1 Å². The minimum Gasteiger partial charge on any atom is -0.366 e. The Hall–Kier alpha value is -0.930. The zero-order valence-corrected chi connectivity index (χ0v) is 8.99. The normalized spacial score (nSPS) is 15.1. The lowest BCUT2D eigenvalue weighted by Crippen LogP contribution is -2.36. The maximum Gasteiger partial charge on any atom is 0.257 e. The van der Waals surface area contributed by atoms with Crippen LogP contribution in [0, 0.1) is 0 Å². The number of hydrogen-bond acceptors (Lipinski definition) is 2. The van der Waals surface area contributed by atoms with Gasteiger partial charge >= 0.3 is 0 Å². The molecule has 1 heterocycles. The summed E-state index contributed by atoms with van der Waals surface area (Å²) < 4.78 is 0. The predicted molar refractivity (Wildman–Crippen MR) is 57.0 cm³/mol. The molecule has 1 aromatic rings. The van der Waals surface area contributed by atoms with Crippen LogP contribution >= 0.6 is 23.2 Å². The zero-order chi connectivity index (χ0) is 10.3. The van der Waals surface area contributed by atoms with E-state index in [1.54, 1.807) is 24.1 Å². The van der Waals surface area contributed by atoms with Crippen molar-refractivity contribution in [2.75, 3.05) is 19.0 Å². The van der Waals surface area contributed by atoms with E-state index in [2.05, 4.69) is 5.32 Å². The standard InChI is InChI=1S/C9H8Cl2N2O/c1-13-4-12-8-6(9(13)14)2-5(10)3-7(8)11/h2-3,12H,4H2,1H3. The zero-order valence-electron chi connectivity index (χ0n) is 7.47. The fourth-order valence-electron chi connectivity index (χ4n) is 1.40. The maximum absolute atomic E-state index is 11.7. The van der Waals surface area contributed by atoms with E-state index in [1.165, 1.54) is 0 Å². The van der Waals surface area contributed by atoms with Crippen molar-refractivity contribution in [3.05, 3.63) is 27.7 Å². The Labute approximate surface area is 91.6 Å². The van der Waals surface area contributed by atoms with E-state index in [-0.39, 0.29) is 5.91 Å². The number of rotatable bonds is 0. The van der Waals surface area contributed by atoms with Crippen molar-refractivity contribution in [2.24, 2.45) is 0 Å². The second-order valence-corrected chi connectivity index (χ2v) is 3.99. The highest BCUT2D eigenvalue weighted by molar-refractivity contribution is 6.37. The van der Waals surface area contributed by atoms with Gasteiger partial charge in [-0.3, -0.25) is 4.79 Å². The molecule has 1 aliphatic rings. The van der Waals surface area contributed by atoms with Gasteiger partial charge in [0.1, 0.15) is 0 Å². The Kier molecular flexibility index (Phi) is 2.29.